The second kappa shape index (κ2) is 10.6. The smallest absolute Gasteiger partial charge is 0.434 e. The second-order valence-corrected chi connectivity index (χ2v) is 10.0. The van der Waals surface area contributed by atoms with Gasteiger partial charge >= 0.3 is 24.4 Å². The van der Waals surface area contributed by atoms with Gasteiger partial charge in [0.1, 0.15) is 11.2 Å². The van der Waals surface area contributed by atoms with Crippen molar-refractivity contribution in [1.82, 2.24) is 9.80 Å². The van der Waals surface area contributed by atoms with Gasteiger partial charge in [-0.15, -0.1) is 0 Å². The highest BCUT2D eigenvalue weighted by Crippen LogP contribution is 2.41. The van der Waals surface area contributed by atoms with Crippen molar-refractivity contribution in [1.29, 1.82) is 0 Å². The summed E-state index contributed by atoms with van der Waals surface area (Å²) in [5.41, 5.74) is -1.34. The number of halogens is 7. The van der Waals surface area contributed by atoms with Crippen LogP contribution in [-0.4, -0.2) is 70.6 Å². The fraction of sp³-hybridized carbons (Fsp3) is 0.600. The van der Waals surface area contributed by atoms with Crippen LogP contribution in [-0.2, 0) is 16.1 Å². The Morgan fingerprint density at radius 1 is 1.05 bits per heavy atom. The van der Waals surface area contributed by atoms with E-state index in [2.05, 4.69) is 16.6 Å². The first-order valence-electron chi connectivity index (χ1n) is 11.8. The lowest BCUT2D eigenvalue weighted by Crippen LogP contribution is -2.54. The maximum Gasteiger partial charge on any atom is 0.434 e. The third kappa shape index (κ3) is 6.51. The predicted molar refractivity (Wildman–Crippen MR) is 120 cm³/mol. The number of amides is 1. The van der Waals surface area contributed by atoms with E-state index in [0.717, 1.165) is 11.3 Å². The van der Waals surface area contributed by atoms with E-state index in [1.807, 2.05) is 4.90 Å². The first-order chi connectivity index (χ1) is 17.5. The molecule has 2 heterocycles. The van der Waals surface area contributed by atoms with Gasteiger partial charge in [0.05, 0.1) is 5.56 Å². The maximum absolute atomic E-state index is 14.7. The Morgan fingerprint density at radius 2 is 1.66 bits per heavy atom. The SMILES string of the molecule is CC(C)(C#Cc1c(F)cccc1CN1CCCC12CCN(C(=O)OC(C(F)(F)F)C(F)(F)F)CC2)C(=O)O. The molecule has 2 aliphatic rings. The molecule has 0 unspecified atom stereocenters. The number of carboxylic acid groups (broad SMARTS) is 1. The third-order valence-corrected chi connectivity index (χ3v) is 7.00. The summed E-state index contributed by atoms with van der Waals surface area (Å²) in [6, 6.07) is 4.37. The van der Waals surface area contributed by atoms with E-state index >= 15 is 0 Å². The average Bonchev–Trinajstić information content (AvgIpc) is 3.17. The van der Waals surface area contributed by atoms with Crippen LogP contribution in [0.15, 0.2) is 18.2 Å². The number of piperidine rings is 1. The van der Waals surface area contributed by atoms with Gasteiger partial charge in [0.25, 0.3) is 6.10 Å². The first kappa shape index (κ1) is 29.5. The van der Waals surface area contributed by atoms with Crippen molar-refractivity contribution in [3.63, 3.8) is 0 Å². The van der Waals surface area contributed by atoms with Crippen LogP contribution in [0.2, 0.25) is 0 Å². The van der Waals surface area contributed by atoms with E-state index < -0.39 is 47.3 Å². The third-order valence-electron chi connectivity index (χ3n) is 7.00. The van der Waals surface area contributed by atoms with Gasteiger partial charge in [-0.25, -0.2) is 9.18 Å². The summed E-state index contributed by atoms with van der Waals surface area (Å²) in [5.74, 6) is 3.44. The molecule has 1 amide bonds. The van der Waals surface area contributed by atoms with Gasteiger partial charge in [-0.05, 0) is 57.7 Å². The first-order valence-corrected chi connectivity index (χ1v) is 11.8. The normalized spacial score (nSPS) is 18.4. The minimum atomic E-state index is -5.79. The topological polar surface area (TPSA) is 70.1 Å². The number of benzene rings is 1. The number of alkyl halides is 6. The van der Waals surface area contributed by atoms with E-state index in [-0.39, 0.29) is 38.0 Å². The summed E-state index contributed by atoms with van der Waals surface area (Å²) in [5, 5.41) is 9.29. The van der Waals surface area contributed by atoms with Crippen molar-refractivity contribution in [3.05, 3.63) is 35.1 Å². The van der Waals surface area contributed by atoms with Crippen LogP contribution < -0.4 is 0 Å². The molecule has 0 radical (unpaired) electrons. The number of aliphatic carboxylic acids is 1. The zero-order chi connectivity index (χ0) is 28.5. The van der Waals surface area contributed by atoms with E-state index in [9.17, 15) is 45.4 Å². The zero-order valence-electron chi connectivity index (χ0n) is 20.7. The maximum atomic E-state index is 14.7. The molecule has 0 bridgehead atoms. The van der Waals surface area contributed by atoms with Crippen molar-refractivity contribution in [2.75, 3.05) is 19.6 Å². The van der Waals surface area contributed by atoms with Crippen molar-refractivity contribution < 1.29 is 50.2 Å². The molecule has 1 aromatic rings. The Kier molecular flexibility index (Phi) is 8.27. The highest BCUT2D eigenvalue weighted by Gasteiger charge is 2.60. The van der Waals surface area contributed by atoms with Gasteiger partial charge < -0.3 is 14.7 Å². The molecule has 0 saturated carbocycles. The Morgan fingerprint density at radius 3 is 2.21 bits per heavy atom. The van der Waals surface area contributed by atoms with Gasteiger partial charge in [-0.3, -0.25) is 9.69 Å². The summed E-state index contributed by atoms with van der Waals surface area (Å²) >= 11 is 0. The standard InChI is InChI=1S/C25H27F7N2O4/c1-22(2,20(35)36)9-7-17-16(5-3-6-18(17)26)15-34-12-4-8-23(34)10-13-33(14-11-23)21(37)38-19(24(27,28)29)25(30,31)32/h3,5-6,19H,4,8,10-15H2,1-2H3,(H,35,36). The molecule has 38 heavy (non-hydrogen) atoms. The fourth-order valence-corrected chi connectivity index (χ4v) is 4.73. The number of carboxylic acids is 1. The Bertz CT molecular complexity index is 1100. The van der Waals surface area contributed by atoms with E-state index in [1.54, 1.807) is 6.07 Å². The molecule has 13 heteroatoms. The van der Waals surface area contributed by atoms with Crippen LogP contribution in [0.4, 0.5) is 35.5 Å². The zero-order valence-corrected chi connectivity index (χ0v) is 20.7. The monoisotopic (exact) mass is 552 g/mol. The average molecular weight is 552 g/mol. The van der Waals surface area contributed by atoms with Gasteiger partial charge in [0.15, 0.2) is 0 Å². The van der Waals surface area contributed by atoms with Crippen LogP contribution in [0.3, 0.4) is 0 Å². The molecule has 3 rings (SSSR count). The van der Waals surface area contributed by atoms with Gasteiger partial charge in [-0.1, -0.05) is 24.0 Å². The summed E-state index contributed by atoms with van der Waals surface area (Å²) in [4.78, 5) is 26.4. The van der Waals surface area contributed by atoms with Gasteiger partial charge in [0.2, 0.25) is 0 Å². The molecule has 0 aliphatic carbocycles. The number of nitrogens with zero attached hydrogens (tertiary/aromatic N) is 2. The van der Waals surface area contributed by atoms with E-state index in [4.69, 9.17) is 0 Å². The number of rotatable bonds is 4. The fourth-order valence-electron chi connectivity index (χ4n) is 4.73. The summed E-state index contributed by atoms with van der Waals surface area (Å²) in [6.07, 6.45) is -15.5. The number of carbonyl (C=O) groups is 2. The van der Waals surface area contributed by atoms with Crippen LogP contribution in [0.1, 0.15) is 50.7 Å². The highest BCUT2D eigenvalue weighted by molar-refractivity contribution is 5.77. The molecular formula is C25H27F7N2O4. The Labute approximate surface area is 214 Å². The highest BCUT2D eigenvalue weighted by atomic mass is 19.4. The van der Waals surface area contributed by atoms with Crippen LogP contribution in [0.25, 0.3) is 0 Å². The van der Waals surface area contributed by atoms with Crippen LogP contribution in [0.5, 0.6) is 0 Å². The largest absolute Gasteiger partial charge is 0.480 e. The van der Waals surface area contributed by atoms with Crippen LogP contribution in [0, 0.1) is 23.1 Å². The summed E-state index contributed by atoms with van der Waals surface area (Å²) in [7, 11) is 0. The lowest BCUT2D eigenvalue weighted by molar-refractivity contribution is -0.308. The Hall–Kier alpha value is -3.01. The molecule has 1 N–H and O–H groups in total. The van der Waals surface area contributed by atoms with E-state index in [1.165, 1.54) is 26.0 Å². The molecule has 1 spiro atoms. The molecule has 0 atom stereocenters. The lowest BCUT2D eigenvalue weighted by atomic mass is 9.84. The molecule has 1 aromatic carbocycles. The number of carbonyl (C=O) groups excluding carboxylic acids is 1. The molecule has 2 saturated heterocycles. The van der Waals surface area contributed by atoms with Crippen molar-refractivity contribution >= 4 is 12.1 Å². The van der Waals surface area contributed by atoms with Crippen molar-refractivity contribution in [3.8, 4) is 11.8 Å². The lowest BCUT2D eigenvalue weighted by Gasteiger charge is -2.45. The molecule has 2 fully saturated rings. The molecule has 0 aromatic heterocycles. The van der Waals surface area contributed by atoms with Crippen molar-refractivity contribution in [2.24, 2.45) is 5.41 Å². The minimum absolute atomic E-state index is 0.0511. The molecule has 6 nitrogen and oxygen atoms in total. The Balaban J connectivity index is 1.73. The second-order valence-electron chi connectivity index (χ2n) is 10.0. The predicted octanol–water partition coefficient (Wildman–Crippen LogP) is 5.35. The van der Waals surface area contributed by atoms with Crippen molar-refractivity contribution in [2.45, 2.75) is 70.1 Å². The molecular weight excluding hydrogens is 525 g/mol. The quantitative estimate of drug-likeness (QED) is 0.403. The van der Waals surface area contributed by atoms with Gasteiger partial charge in [-0.2, -0.15) is 26.3 Å². The number of likely N-dealkylation sites (tertiary alicyclic amines) is 2. The number of hydrogen-bond donors (Lipinski definition) is 1. The minimum Gasteiger partial charge on any atom is -0.480 e. The number of hydrogen-bond acceptors (Lipinski definition) is 4. The number of ether oxygens (including phenoxy) is 1. The van der Waals surface area contributed by atoms with Gasteiger partial charge in [0, 0.05) is 25.2 Å². The van der Waals surface area contributed by atoms with Crippen LogP contribution >= 0.6 is 0 Å². The molecule has 210 valence electrons. The molecule has 2 aliphatic heterocycles. The summed E-state index contributed by atoms with van der Waals surface area (Å²) in [6.45, 7) is 3.40. The summed E-state index contributed by atoms with van der Waals surface area (Å²) < 4.78 is 95.1. The van der Waals surface area contributed by atoms with E-state index in [0.29, 0.717) is 18.5 Å².